The highest BCUT2D eigenvalue weighted by Gasteiger charge is 2.13. The number of hydrogen-bond acceptors (Lipinski definition) is 4. The molecule has 24 heavy (non-hydrogen) atoms. The van der Waals surface area contributed by atoms with Gasteiger partial charge in [-0.25, -0.2) is 9.78 Å². The molecule has 0 aromatic carbocycles. The first kappa shape index (κ1) is 16.2. The van der Waals surface area contributed by atoms with Crippen LogP contribution in [0.4, 0.5) is 16.3 Å². The number of nitrogens with one attached hydrogen (secondary N) is 2. The summed E-state index contributed by atoms with van der Waals surface area (Å²) < 4.78 is 0. The summed E-state index contributed by atoms with van der Waals surface area (Å²) in [7, 11) is 0. The number of urea groups is 1. The van der Waals surface area contributed by atoms with Crippen LogP contribution in [0, 0.1) is 0 Å². The topological polar surface area (TPSA) is 70.2 Å². The van der Waals surface area contributed by atoms with Crippen molar-refractivity contribution in [3.63, 3.8) is 0 Å². The van der Waals surface area contributed by atoms with Gasteiger partial charge in [0.1, 0.15) is 5.82 Å². The Hall–Kier alpha value is -2.63. The molecule has 2 aromatic heterocycles. The van der Waals surface area contributed by atoms with E-state index < -0.39 is 0 Å². The fourth-order valence-electron chi connectivity index (χ4n) is 2.84. The summed E-state index contributed by atoms with van der Waals surface area (Å²) in [5.74, 6) is 0.975. The SMILES string of the molecule is CC(NC(=O)Nc1ccc(N2CCCCC2)nc1)c1ccccn1. The van der Waals surface area contributed by atoms with E-state index in [1.54, 1.807) is 12.4 Å². The predicted molar refractivity (Wildman–Crippen MR) is 95.1 cm³/mol. The molecule has 2 amide bonds. The highest BCUT2D eigenvalue weighted by atomic mass is 16.2. The molecule has 1 unspecified atom stereocenters. The molecule has 1 atom stereocenters. The van der Waals surface area contributed by atoms with E-state index in [0.717, 1.165) is 24.6 Å². The van der Waals surface area contributed by atoms with Gasteiger partial charge in [0.15, 0.2) is 0 Å². The number of anilines is 2. The third-order valence-electron chi connectivity index (χ3n) is 4.16. The predicted octanol–water partition coefficient (Wildman–Crippen LogP) is 3.35. The molecular weight excluding hydrogens is 302 g/mol. The van der Waals surface area contributed by atoms with Crippen LogP contribution in [0.25, 0.3) is 0 Å². The molecule has 0 bridgehead atoms. The van der Waals surface area contributed by atoms with Crippen molar-refractivity contribution in [3.05, 3.63) is 48.4 Å². The molecule has 6 heteroatoms. The number of rotatable bonds is 4. The van der Waals surface area contributed by atoms with Crippen LogP contribution in [0.1, 0.15) is 37.9 Å². The van der Waals surface area contributed by atoms with Crippen molar-refractivity contribution in [1.82, 2.24) is 15.3 Å². The van der Waals surface area contributed by atoms with Crippen molar-refractivity contribution in [3.8, 4) is 0 Å². The van der Waals surface area contributed by atoms with Gasteiger partial charge in [-0.3, -0.25) is 4.98 Å². The molecule has 1 aliphatic heterocycles. The van der Waals surface area contributed by atoms with Crippen LogP contribution in [0.15, 0.2) is 42.7 Å². The van der Waals surface area contributed by atoms with Crippen LogP contribution >= 0.6 is 0 Å². The van der Waals surface area contributed by atoms with E-state index in [9.17, 15) is 4.79 Å². The maximum Gasteiger partial charge on any atom is 0.319 e. The molecule has 126 valence electrons. The van der Waals surface area contributed by atoms with Gasteiger partial charge in [0.05, 0.1) is 23.6 Å². The van der Waals surface area contributed by atoms with Gasteiger partial charge >= 0.3 is 6.03 Å². The number of pyridine rings is 2. The number of carbonyl (C=O) groups is 1. The molecule has 0 spiro atoms. The maximum absolute atomic E-state index is 12.1. The minimum atomic E-state index is -0.263. The monoisotopic (exact) mass is 325 g/mol. The maximum atomic E-state index is 12.1. The number of hydrogen-bond donors (Lipinski definition) is 2. The number of carbonyl (C=O) groups excluding carboxylic acids is 1. The van der Waals surface area contributed by atoms with Crippen LogP contribution in [-0.4, -0.2) is 29.1 Å². The number of nitrogens with zero attached hydrogens (tertiary/aromatic N) is 3. The van der Waals surface area contributed by atoms with Gasteiger partial charge in [0.2, 0.25) is 0 Å². The minimum absolute atomic E-state index is 0.160. The summed E-state index contributed by atoms with van der Waals surface area (Å²) in [6.07, 6.45) is 7.15. The van der Waals surface area contributed by atoms with E-state index in [1.807, 2.05) is 37.3 Å². The first-order chi connectivity index (χ1) is 11.7. The average molecular weight is 325 g/mol. The Morgan fingerprint density at radius 2 is 1.96 bits per heavy atom. The molecule has 3 rings (SSSR count). The lowest BCUT2D eigenvalue weighted by atomic mass is 10.1. The summed E-state index contributed by atoms with van der Waals surface area (Å²) in [5.41, 5.74) is 1.51. The van der Waals surface area contributed by atoms with Crippen molar-refractivity contribution < 1.29 is 4.79 Å². The molecule has 0 radical (unpaired) electrons. The summed E-state index contributed by atoms with van der Waals surface area (Å²) >= 11 is 0. The lowest BCUT2D eigenvalue weighted by molar-refractivity contribution is 0.249. The van der Waals surface area contributed by atoms with Crippen molar-refractivity contribution in [1.29, 1.82) is 0 Å². The first-order valence-electron chi connectivity index (χ1n) is 8.42. The molecule has 2 N–H and O–H groups in total. The van der Waals surface area contributed by atoms with Gasteiger partial charge in [-0.05, 0) is 50.5 Å². The van der Waals surface area contributed by atoms with Crippen LogP contribution < -0.4 is 15.5 Å². The third-order valence-corrected chi connectivity index (χ3v) is 4.16. The zero-order chi connectivity index (χ0) is 16.8. The van der Waals surface area contributed by atoms with Crippen LogP contribution in [0.3, 0.4) is 0 Å². The second kappa shape index (κ2) is 7.77. The Balaban J connectivity index is 1.54. The quantitative estimate of drug-likeness (QED) is 0.904. The van der Waals surface area contributed by atoms with E-state index in [-0.39, 0.29) is 12.1 Å². The second-order valence-electron chi connectivity index (χ2n) is 6.03. The second-order valence-corrected chi connectivity index (χ2v) is 6.03. The number of amides is 2. The van der Waals surface area contributed by atoms with Gasteiger partial charge < -0.3 is 15.5 Å². The molecule has 1 fully saturated rings. The molecule has 2 aromatic rings. The summed E-state index contributed by atoms with van der Waals surface area (Å²) in [6, 6.07) is 9.07. The van der Waals surface area contributed by atoms with E-state index in [4.69, 9.17) is 0 Å². The zero-order valence-corrected chi connectivity index (χ0v) is 13.9. The Bertz CT molecular complexity index is 653. The van der Waals surface area contributed by atoms with Crippen molar-refractivity contribution in [2.75, 3.05) is 23.3 Å². The summed E-state index contributed by atoms with van der Waals surface area (Å²) in [5, 5.41) is 5.69. The van der Waals surface area contributed by atoms with Gasteiger partial charge in [-0.2, -0.15) is 0 Å². The van der Waals surface area contributed by atoms with Crippen molar-refractivity contribution >= 4 is 17.5 Å². The van der Waals surface area contributed by atoms with E-state index >= 15 is 0 Å². The molecule has 1 saturated heterocycles. The Morgan fingerprint density at radius 3 is 2.62 bits per heavy atom. The van der Waals surface area contributed by atoms with Crippen molar-refractivity contribution in [2.45, 2.75) is 32.2 Å². The van der Waals surface area contributed by atoms with Crippen LogP contribution in [-0.2, 0) is 0 Å². The standard InChI is InChI=1S/C18H23N5O/c1-14(16-7-3-4-10-19-16)21-18(24)22-15-8-9-17(20-13-15)23-11-5-2-6-12-23/h3-4,7-10,13-14H,2,5-6,11-12H2,1H3,(H2,21,22,24). The summed E-state index contributed by atoms with van der Waals surface area (Å²) in [4.78, 5) is 23.1. The molecular formula is C18H23N5O. The fraction of sp³-hybridized carbons (Fsp3) is 0.389. The lowest BCUT2D eigenvalue weighted by Crippen LogP contribution is -2.32. The Morgan fingerprint density at radius 1 is 1.12 bits per heavy atom. The Labute approximate surface area is 142 Å². The minimum Gasteiger partial charge on any atom is -0.357 e. The Kier molecular flexibility index (Phi) is 5.25. The van der Waals surface area contributed by atoms with E-state index in [0.29, 0.717) is 5.69 Å². The van der Waals surface area contributed by atoms with Gasteiger partial charge in [-0.15, -0.1) is 0 Å². The largest absolute Gasteiger partial charge is 0.357 e. The molecule has 0 aliphatic carbocycles. The van der Waals surface area contributed by atoms with Gasteiger partial charge in [0.25, 0.3) is 0 Å². The molecule has 6 nitrogen and oxygen atoms in total. The van der Waals surface area contributed by atoms with E-state index in [2.05, 4.69) is 25.5 Å². The normalized spacial score (nSPS) is 15.6. The highest BCUT2D eigenvalue weighted by molar-refractivity contribution is 5.89. The number of piperidine rings is 1. The van der Waals surface area contributed by atoms with Crippen LogP contribution in [0.2, 0.25) is 0 Å². The highest BCUT2D eigenvalue weighted by Crippen LogP contribution is 2.19. The number of aromatic nitrogens is 2. The third kappa shape index (κ3) is 4.22. The van der Waals surface area contributed by atoms with Gasteiger partial charge in [-0.1, -0.05) is 6.07 Å². The molecule has 3 heterocycles. The first-order valence-corrected chi connectivity index (χ1v) is 8.42. The zero-order valence-electron chi connectivity index (χ0n) is 13.9. The van der Waals surface area contributed by atoms with E-state index in [1.165, 1.54) is 19.3 Å². The van der Waals surface area contributed by atoms with Gasteiger partial charge in [0, 0.05) is 19.3 Å². The molecule has 0 saturated carbocycles. The average Bonchev–Trinajstić information content (AvgIpc) is 2.64. The van der Waals surface area contributed by atoms with Crippen LogP contribution in [0.5, 0.6) is 0 Å². The molecule has 1 aliphatic rings. The summed E-state index contributed by atoms with van der Waals surface area (Å²) in [6.45, 7) is 4.02. The lowest BCUT2D eigenvalue weighted by Gasteiger charge is -2.27. The fourth-order valence-corrected chi connectivity index (χ4v) is 2.84. The van der Waals surface area contributed by atoms with Crippen molar-refractivity contribution in [2.24, 2.45) is 0 Å². The smallest absolute Gasteiger partial charge is 0.319 e.